The van der Waals surface area contributed by atoms with Crippen molar-refractivity contribution >= 4 is 27.7 Å². The van der Waals surface area contributed by atoms with Crippen molar-refractivity contribution in [2.45, 2.75) is 19.6 Å². The van der Waals surface area contributed by atoms with Gasteiger partial charge >= 0.3 is 5.97 Å². The van der Waals surface area contributed by atoms with Crippen LogP contribution in [0.2, 0.25) is 0 Å². The molecule has 1 aromatic rings. The first-order chi connectivity index (χ1) is 14.7. The fraction of sp³-hybridized carbons (Fsp3) is 0.350. The summed E-state index contributed by atoms with van der Waals surface area (Å²) in [4.78, 5) is 26.3. The summed E-state index contributed by atoms with van der Waals surface area (Å²) in [6, 6.07) is 5.26. The van der Waals surface area contributed by atoms with Gasteiger partial charge in [0.2, 0.25) is 0 Å². The minimum atomic E-state index is -3.48. The highest BCUT2D eigenvalue weighted by Crippen LogP contribution is 2.27. The Hall–Kier alpha value is -3.34. The summed E-state index contributed by atoms with van der Waals surface area (Å²) in [5.41, 5.74) is 0.979. The van der Waals surface area contributed by atoms with Crippen molar-refractivity contribution in [3.8, 4) is 11.5 Å². The molecule has 0 radical (unpaired) electrons. The second-order valence-electron chi connectivity index (χ2n) is 6.80. The van der Waals surface area contributed by atoms with Crippen LogP contribution in [-0.2, 0) is 30.9 Å². The lowest BCUT2D eigenvalue weighted by Crippen LogP contribution is -2.38. The molecule has 1 amide bonds. The monoisotopic (exact) mass is 449 g/mol. The van der Waals surface area contributed by atoms with Crippen molar-refractivity contribution in [3.63, 3.8) is 0 Å². The summed E-state index contributed by atoms with van der Waals surface area (Å²) >= 11 is 0. The van der Waals surface area contributed by atoms with Crippen molar-refractivity contribution in [1.82, 2.24) is 10.2 Å². The molecule has 2 heterocycles. The molecule has 3 rings (SSSR count). The zero-order valence-corrected chi connectivity index (χ0v) is 18.1. The van der Waals surface area contributed by atoms with Crippen molar-refractivity contribution in [1.29, 1.82) is 0 Å². The van der Waals surface area contributed by atoms with Gasteiger partial charge in [0.25, 0.3) is 15.9 Å². The number of hydrogen-bond donors (Lipinski definition) is 1. The molecule has 166 valence electrons. The number of carbonyl (C=O) groups is 2. The van der Waals surface area contributed by atoms with Crippen LogP contribution in [0.15, 0.2) is 46.5 Å². The maximum atomic E-state index is 12.4. The summed E-state index contributed by atoms with van der Waals surface area (Å²) in [6.45, 7) is 1.87. The third-order valence-electron chi connectivity index (χ3n) is 4.63. The van der Waals surface area contributed by atoms with E-state index in [1.807, 2.05) is 0 Å². The number of carbonyl (C=O) groups excluding carboxylic acids is 2. The van der Waals surface area contributed by atoms with E-state index in [-0.39, 0.29) is 30.3 Å². The van der Waals surface area contributed by atoms with Gasteiger partial charge in [-0.05, 0) is 36.8 Å². The van der Waals surface area contributed by atoms with Gasteiger partial charge in [-0.15, -0.1) is 4.40 Å². The molecule has 10 nitrogen and oxygen atoms in total. The molecule has 1 N–H and O–H groups in total. The first-order valence-electron chi connectivity index (χ1n) is 9.41. The molecule has 2 aliphatic heterocycles. The lowest BCUT2D eigenvalue weighted by Gasteiger charge is -2.27. The van der Waals surface area contributed by atoms with E-state index in [2.05, 4.69) is 9.71 Å². The van der Waals surface area contributed by atoms with Crippen LogP contribution in [0.1, 0.15) is 12.5 Å². The lowest BCUT2D eigenvalue weighted by molar-refractivity contribution is -0.151. The minimum absolute atomic E-state index is 0.141. The number of esters is 1. The summed E-state index contributed by atoms with van der Waals surface area (Å²) in [7, 11) is -0.421. The van der Waals surface area contributed by atoms with Crippen LogP contribution in [-0.4, -0.2) is 63.7 Å². The highest BCUT2D eigenvalue weighted by molar-refractivity contribution is 7.90. The van der Waals surface area contributed by atoms with Crippen LogP contribution in [0, 0.1) is 0 Å². The van der Waals surface area contributed by atoms with Crippen LogP contribution in [0.25, 0.3) is 0 Å². The number of nitrogens with one attached hydrogen (secondary N) is 1. The van der Waals surface area contributed by atoms with Gasteiger partial charge in [0.1, 0.15) is 5.84 Å². The molecule has 1 aromatic carbocycles. The molecule has 2 aliphatic rings. The van der Waals surface area contributed by atoms with E-state index in [4.69, 9.17) is 14.2 Å². The molecular weight excluding hydrogens is 426 g/mol. The van der Waals surface area contributed by atoms with Gasteiger partial charge in [0.05, 0.1) is 25.5 Å². The minimum Gasteiger partial charge on any atom is -0.493 e. The summed E-state index contributed by atoms with van der Waals surface area (Å²) in [5, 5.41) is 2.70. The van der Waals surface area contributed by atoms with Gasteiger partial charge in [-0.3, -0.25) is 4.79 Å². The van der Waals surface area contributed by atoms with Crippen LogP contribution in [0.3, 0.4) is 0 Å². The molecule has 0 saturated heterocycles. The molecule has 0 spiro atoms. The van der Waals surface area contributed by atoms with Gasteiger partial charge in [0, 0.05) is 19.3 Å². The number of rotatable bonds is 7. The second-order valence-corrected chi connectivity index (χ2v) is 8.56. The van der Waals surface area contributed by atoms with Gasteiger partial charge in [0.15, 0.2) is 17.6 Å². The lowest BCUT2D eigenvalue weighted by atomic mass is 10.2. The standard InChI is InChI=1S/C20H23N3O7S/c1-13(19(24)21-11-14-4-6-16(28-2)17(10-14)29-3)30-20(25)15-5-7-18-22-31(26,27)9-8-23(18)12-15/h4-7,10,12-13H,8-9,11H2,1-3H3,(H,21,24)/t13-/m1/s1. The molecule has 0 unspecified atom stereocenters. The van der Waals surface area contributed by atoms with Crippen molar-refractivity contribution < 1.29 is 32.2 Å². The normalized spacial score (nSPS) is 17.6. The molecule has 0 fully saturated rings. The van der Waals surface area contributed by atoms with E-state index in [9.17, 15) is 18.0 Å². The first-order valence-corrected chi connectivity index (χ1v) is 11.0. The van der Waals surface area contributed by atoms with Gasteiger partial charge in [-0.1, -0.05) is 6.07 Å². The molecule has 0 bridgehead atoms. The maximum Gasteiger partial charge on any atom is 0.340 e. The molecule has 0 aromatic heterocycles. The Morgan fingerprint density at radius 2 is 1.94 bits per heavy atom. The predicted octanol–water partition coefficient (Wildman–Crippen LogP) is 0.749. The molecular formula is C20H23N3O7S. The van der Waals surface area contributed by atoms with Gasteiger partial charge < -0.3 is 24.4 Å². The molecule has 11 heteroatoms. The highest BCUT2D eigenvalue weighted by Gasteiger charge is 2.27. The first kappa shape index (κ1) is 22.3. The average molecular weight is 449 g/mol. The van der Waals surface area contributed by atoms with Crippen molar-refractivity contribution in [3.05, 3.63) is 47.7 Å². The average Bonchev–Trinajstić information content (AvgIpc) is 2.76. The van der Waals surface area contributed by atoms with E-state index in [0.717, 1.165) is 5.56 Å². The maximum absolute atomic E-state index is 12.4. The number of benzene rings is 1. The number of amides is 1. The highest BCUT2D eigenvalue weighted by atomic mass is 32.2. The van der Waals surface area contributed by atoms with Crippen LogP contribution in [0.4, 0.5) is 0 Å². The molecule has 0 saturated carbocycles. The Balaban J connectivity index is 1.56. The number of fused-ring (bicyclic) bond motifs is 1. The van der Waals surface area contributed by atoms with Gasteiger partial charge in [-0.25, -0.2) is 13.2 Å². The fourth-order valence-electron chi connectivity index (χ4n) is 2.93. The smallest absolute Gasteiger partial charge is 0.340 e. The number of hydrogen-bond acceptors (Lipinski definition) is 8. The van der Waals surface area contributed by atoms with Crippen molar-refractivity contribution in [2.24, 2.45) is 4.40 Å². The SMILES string of the molecule is COc1ccc(CNC(=O)[C@@H](C)OC(=O)C2=CN3CCS(=O)(=O)N=C3C=C2)cc1OC. The molecule has 0 aliphatic carbocycles. The third kappa shape index (κ3) is 5.43. The number of methoxy groups -OCH3 is 2. The second kappa shape index (κ2) is 9.21. The summed E-state index contributed by atoms with van der Waals surface area (Å²) < 4.78 is 42.4. The van der Waals surface area contributed by atoms with Crippen molar-refractivity contribution in [2.75, 3.05) is 26.5 Å². The predicted molar refractivity (Wildman–Crippen MR) is 112 cm³/mol. The number of amidine groups is 1. The topological polar surface area (TPSA) is 124 Å². The largest absolute Gasteiger partial charge is 0.493 e. The quantitative estimate of drug-likeness (QED) is 0.605. The Morgan fingerprint density at radius 3 is 2.65 bits per heavy atom. The summed E-state index contributed by atoms with van der Waals surface area (Å²) in [6.07, 6.45) is 3.27. The number of nitrogens with zero attached hydrogens (tertiary/aromatic N) is 2. The number of ether oxygens (including phenoxy) is 3. The van der Waals surface area contributed by atoms with Crippen LogP contribution < -0.4 is 14.8 Å². The fourth-order valence-corrected chi connectivity index (χ4v) is 3.90. The summed E-state index contributed by atoms with van der Waals surface area (Å²) in [5.74, 6) is 0.0557. The molecule has 1 atom stereocenters. The Morgan fingerprint density at radius 1 is 1.19 bits per heavy atom. The van der Waals surface area contributed by atoms with Crippen LogP contribution in [0.5, 0.6) is 11.5 Å². The van der Waals surface area contributed by atoms with Crippen LogP contribution >= 0.6 is 0 Å². The third-order valence-corrected chi connectivity index (χ3v) is 5.79. The molecule has 31 heavy (non-hydrogen) atoms. The van der Waals surface area contributed by atoms with E-state index >= 15 is 0 Å². The van der Waals surface area contributed by atoms with E-state index < -0.39 is 28.0 Å². The zero-order valence-electron chi connectivity index (χ0n) is 17.3. The van der Waals surface area contributed by atoms with E-state index in [1.165, 1.54) is 39.5 Å². The van der Waals surface area contributed by atoms with E-state index in [1.54, 1.807) is 23.1 Å². The number of sulfonamides is 1. The van der Waals surface area contributed by atoms with Gasteiger partial charge in [-0.2, -0.15) is 0 Å². The Kier molecular flexibility index (Phi) is 6.64. The Bertz CT molecular complexity index is 1080. The van der Waals surface area contributed by atoms with E-state index in [0.29, 0.717) is 11.5 Å². The zero-order chi connectivity index (χ0) is 22.6. The Labute approximate surface area is 180 Å².